The van der Waals surface area contributed by atoms with Crippen LogP contribution >= 0.6 is 0 Å². The van der Waals surface area contributed by atoms with Crippen LogP contribution in [0.4, 0.5) is 0 Å². The SMILES string of the molecule is Cc1ccc(C#CCN)cc1C(=O)NCc1ccco1. The highest BCUT2D eigenvalue weighted by Gasteiger charge is 2.09. The summed E-state index contributed by atoms with van der Waals surface area (Å²) in [6, 6.07) is 9.13. The van der Waals surface area contributed by atoms with Gasteiger partial charge < -0.3 is 15.5 Å². The molecule has 0 aliphatic heterocycles. The zero-order chi connectivity index (χ0) is 14.4. The molecule has 0 aliphatic rings. The second-order valence-electron chi connectivity index (χ2n) is 4.30. The maximum absolute atomic E-state index is 12.2. The Morgan fingerprint density at radius 3 is 2.95 bits per heavy atom. The average molecular weight is 268 g/mol. The molecule has 0 fully saturated rings. The van der Waals surface area contributed by atoms with Crippen LogP contribution in [-0.2, 0) is 6.54 Å². The largest absolute Gasteiger partial charge is 0.467 e. The summed E-state index contributed by atoms with van der Waals surface area (Å²) in [5.74, 6) is 6.27. The van der Waals surface area contributed by atoms with E-state index >= 15 is 0 Å². The minimum Gasteiger partial charge on any atom is -0.467 e. The number of nitrogens with one attached hydrogen (secondary N) is 1. The van der Waals surface area contributed by atoms with E-state index in [-0.39, 0.29) is 5.91 Å². The fraction of sp³-hybridized carbons (Fsp3) is 0.188. The molecule has 0 saturated carbocycles. The van der Waals surface area contributed by atoms with Gasteiger partial charge in [0.15, 0.2) is 0 Å². The molecule has 0 aliphatic carbocycles. The third-order valence-corrected chi connectivity index (χ3v) is 2.82. The third-order valence-electron chi connectivity index (χ3n) is 2.82. The minimum absolute atomic E-state index is 0.143. The van der Waals surface area contributed by atoms with Gasteiger partial charge >= 0.3 is 0 Å². The van der Waals surface area contributed by atoms with Crippen LogP contribution in [0.2, 0.25) is 0 Å². The van der Waals surface area contributed by atoms with Crippen molar-refractivity contribution in [2.24, 2.45) is 5.73 Å². The second kappa shape index (κ2) is 6.60. The minimum atomic E-state index is -0.143. The van der Waals surface area contributed by atoms with E-state index in [1.165, 1.54) is 0 Å². The number of carbonyl (C=O) groups is 1. The molecule has 0 saturated heterocycles. The van der Waals surface area contributed by atoms with Crippen LogP contribution in [0.15, 0.2) is 41.0 Å². The molecule has 2 rings (SSSR count). The molecule has 1 heterocycles. The molecular formula is C16H16N2O2. The molecule has 3 N–H and O–H groups in total. The lowest BCUT2D eigenvalue weighted by Crippen LogP contribution is -2.23. The van der Waals surface area contributed by atoms with Crippen LogP contribution in [0, 0.1) is 18.8 Å². The van der Waals surface area contributed by atoms with Gasteiger partial charge in [-0.3, -0.25) is 4.79 Å². The Morgan fingerprint density at radius 1 is 1.40 bits per heavy atom. The van der Waals surface area contributed by atoms with Crippen LogP contribution in [0.5, 0.6) is 0 Å². The van der Waals surface area contributed by atoms with Gasteiger partial charge in [0.2, 0.25) is 0 Å². The first-order valence-electron chi connectivity index (χ1n) is 6.31. The topological polar surface area (TPSA) is 68.3 Å². The smallest absolute Gasteiger partial charge is 0.251 e. The monoisotopic (exact) mass is 268 g/mol. The number of carbonyl (C=O) groups excluding carboxylic acids is 1. The van der Waals surface area contributed by atoms with Crippen LogP contribution in [0.3, 0.4) is 0 Å². The Labute approximate surface area is 118 Å². The Morgan fingerprint density at radius 2 is 2.25 bits per heavy atom. The van der Waals surface area contributed by atoms with Crippen molar-refractivity contribution in [2.75, 3.05) is 6.54 Å². The Balaban J connectivity index is 2.12. The quantitative estimate of drug-likeness (QED) is 0.834. The van der Waals surface area contributed by atoms with Crippen molar-refractivity contribution in [2.45, 2.75) is 13.5 Å². The number of nitrogens with two attached hydrogens (primary N) is 1. The van der Waals surface area contributed by atoms with Crippen LogP contribution in [0.1, 0.15) is 27.2 Å². The Bertz CT molecular complexity index is 649. The summed E-state index contributed by atoms with van der Waals surface area (Å²) >= 11 is 0. The fourth-order valence-corrected chi connectivity index (χ4v) is 1.77. The fourth-order valence-electron chi connectivity index (χ4n) is 1.77. The number of amides is 1. The zero-order valence-electron chi connectivity index (χ0n) is 11.3. The Kier molecular flexibility index (Phi) is 4.59. The summed E-state index contributed by atoms with van der Waals surface area (Å²) in [6.45, 7) is 2.56. The predicted molar refractivity (Wildman–Crippen MR) is 77.0 cm³/mol. The van der Waals surface area contributed by atoms with E-state index in [1.807, 2.05) is 25.1 Å². The number of furan rings is 1. The highest BCUT2D eigenvalue weighted by Crippen LogP contribution is 2.11. The molecule has 1 aromatic heterocycles. The number of aryl methyl sites for hydroxylation is 1. The van der Waals surface area contributed by atoms with Crippen LogP contribution < -0.4 is 11.1 Å². The molecule has 1 amide bonds. The maximum atomic E-state index is 12.2. The van der Waals surface area contributed by atoms with Gasteiger partial charge in [-0.1, -0.05) is 17.9 Å². The van der Waals surface area contributed by atoms with Crippen LogP contribution in [0.25, 0.3) is 0 Å². The van der Waals surface area contributed by atoms with Crippen molar-refractivity contribution < 1.29 is 9.21 Å². The molecule has 0 unspecified atom stereocenters. The standard InChI is InChI=1S/C16H16N2O2/c1-12-6-7-13(4-2-8-17)10-15(12)16(19)18-11-14-5-3-9-20-14/h3,5-7,9-10H,8,11,17H2,1H3,(H,18,19). The maximum Gasteiger partial charge on any atom is 0.251 e. The first-order chi connectivity index (χ1) is 9.70. The summed E-state index contributed by atoms with van der Waals surface area (Å²) in [5.41, 5.74) is 7.64. The van der Waals surface area contributed by atoms with E-state index in [1.54, 1.807) is 18.4 Å². The van der Waals surface area contributed by atoms with Crippen molar-refractivity contribution in [1.82, 2.24) is 5.32 Å². The number of hydrogen-bond donors (Lipinski definition) is 2. The third kappa shape index (κ3) is 3.50. The summed E-state index contributed by atoms with van der Waals surface area (Å²) in [7, 11) is 0. The summed E-state index contributed by atoms with van der Waals surface area (Å²) in [6.07, 6.45) is 1.58. The van der Waals surface area contributed by atoms with E-state index < -0.39 is 0 Å². The van der Waals surface area contributed by atoms with E-state index in [4.69, 9.17) is 10.2 Å². The molecule has 102 valence electrons. The molecule has 2 aromatic rings. The van der Waals surface area contributed by atoms with E-state index in [0.29, 0.717) is 18.7 Å². The summed E-state index contributed by atoms with van der Waals surface area (Å²) in [5, 5.41) is 2.82. The highest BCUT2D eigenvalue weighted by atomic mass is 16.3. The lowest BCUT2D eigenvalue weighted by Gasteiger charge is -2.07. The van der Waals surface area contributed by atoms with Gasteiger partial charge in [0.1, 0.15) is 5.76 Å². The van der Waals surface area contributed by atoms with Gasteiger partial charge in [-0.2, -0.15) is 0 Å². The van der Waals surface area contributed by atoms with Crippen molar-refractivity contribution in [1.29, 1.82) is 0 Å². The van der Waals surface area contributed by atoms with Gasteiger partial charge in [-0.25, -0.2) is 0 Å². The van der Waals surface area contributed by atoms with Crippen LogP contribution in [-0.4, -0.2) is 12.5 Å². The molecule has 1 aromatic carbocycles. The zero-order valence-corrected chi connectivity index (χ0v) is 11.3. The first kappa shape index (κ1) is 13.9. The van der Waals surface area contributed by atoms with Gasteiger partial charge in [0.05, 0.1) is 19.4 Å². The van der Waals surface area contributed by atoms with Crippen molar-refractivity contribution in [3.63, 3.8) is 0 Å². The first-order valence-corrected chi connectivity index (χ1v) is 6.31. The highest BCUT2D eigenvalue weighted by molar-refractivity contribution is 5.95. The van der Waals surface area contributed by atoms with Gasteiger partial charge in [-0.05, 0) is 36.8 Å². The summed E-state index contributed by atoms with van der Waals surface area (Å²) in [4.78, 5) is 12.2. The molecule has 0 atom stereocenters. The molecule has 20 heavy (non-hydrogen) atoms. The van der Waals surface area contributed by atoms with E-state index in [0.717, 1.165) is 16.9 Å². The normalized spacial score (nSPS) is 9.70. The number of hydrogen-bond acceptors (Lipinski definition) is 3. The predicted octanol–water partition coefficient (Wildman–Crippen LogP) is 1.83. The summed E-state index contributed by atoms with van der Waals surface area (Å²) < 4.78 is 5.18. The van der Waals surface area contributed by atoms with Gasteiger partial charge in [0.25, 0.3) is 5.91 Å². The molecule has 0 radical (unpaired) electrons. The lowest BCUT2D eigenvalue weighted by molar-refractivity contribution is 0.0947. The molecule has 4 nitrogen and oxygen atoms in total. The molecule has 0 spiro atoms. The number of rotatable bonds is 3. The van der Waals surface area contributed by atoms with E-state index in [9.17, 15) is 4.79 Å². The lowest BCUT2D eigenvalue weighted by atomic mass is 10.0. The number of benzene rings is 1. The molecule has 4 heteroatoms. The van der Waals surface area contributed by atoms with Crippen molar-refractivity contribution in [3.05, 3.63) is 59.0 Å². The van der Waals surface area contributed by atoms with Crippen molar-refractivity contribution in [3.8, 4) is 11.8 Å². The van der Waals surface area contributed by atoms with E-state index in [2.05, 4.69) is 17.2 Å². The Hall–Kier alpha value is -2.51. The van der Waals surface area contributed by atoms with Gasteiger partial charge in [-0.15, -0.1) is 0 Å². The molecule has 0 bridgehead atoms. The average Bonchev–Trinajstić information content (AvgIpc) is 2.97. The van der Waals surface area contributed by atoms with Gasteiger partial charge in [0, 0.05) is 11.1 Å². The second-order valence-corrected chi connectivity index (χ2v) is 4.30. The van der Waals surface area contributed by atoms with Crippen molar-refractivity contribution >= 4 is 5.91 Å². The molecular weight excluding hydrogens is 252 g/mol.